The Bertz CT molecular complexity index is 648. The van der Waals surface area contributed by atoms with E-state index in [-0.39, 0.29) is 11.7 Å². The molecule has 0 aliphatic heterocycles. The summed E-state index contributed by atoms with van der Waals surface area (Å²) in [7, 11) is 0. The first-order valence-corrected chi connectivity index (χ1v) is 6.80. The highest BCUT2D eigenvalue weighted by Crippen LogP contribution is 2.25. The van der Waals surface area contributed by atoms with E-state index < -0.39 is 0 Å². The molecule has 2 aromatic rings. The van der Waals surface area contributed by atoms with Gasteiger partial charge in [0.25, 0.3) is 0 Å². The molecular weight excluding hydrogens is 297 g/mol. The molecule has 0 radical (unpaired) electrons. The third-order valence-corrected chi connectivity index (χ3v) is 3.26. The van der Waals surface area contributed by atoms with Crippen LogP contribution in [-0.4, -0.2) is 20.5 Å². The number of hydrogen-bond acceptors (Lipinski definition) is 3. The van der Waals surface area contributed by atoms with Crippen molar-refractivity contribution in [2.75, 3.05) is 0 Å². The summed E-state index contributed by atoms with van der Waals surface area (Å²) in [5.41, 5.74) is 1.12. The number of rotatable bonds is 4. The van der Waals surface area contributed by atoms with Gasteiger partial charge in [0, 0.05) is 16.0 Å². The van der Waals surface area contributed by atoms with Crippen molar-refractivity contribution in [3.05, 3.63) is 46.5 Å². The van der Waals surface area contributed by atoms with E-state index in [9.17, 15) is 4.79 Å². The van der Waals surface area contributed by atoms with Crippen LogP contribution < -0.4 is 0 Å². The molecule has 2 rings (SSSR count). The predicted octanol–water partition coefficient (Wildman–Crippen LogP) is 3.81. The predicted molar refractivity (Wildman–Crippen MR) is 80.5 cm³/mol. The number of carbonyl (C=O) groups excluding carboxylic acids is 1. The minimum atomic E-state index is -0.156. The molecule has 0 aliphatic rings. The Morgan fingerprint density at radius 2 is 2.10 bits per heavy atom. The van der Waals surface area contributed by atoms with Gasteiger partial charge >= 0.3 is 0 Å². The van der Waals surface area contributed by atoms with Crippen molar-refractivity contribution in [1.29, 1.82) is 0 Å². The van der Waals surface area contributed by atoms with Crippen LogP contribution in [0.1, 0.15) is 19.4 Å². The van der Waals surface area contributed by atoms with Crippen molar-refractivity contribution < 1.29 is 4.79 Å². The van der Waals surface area contributed by atoms with Gasteiger partial charge in [-0.3, -0.25) is 4.79 Å². The van der Waals surface area contributed by atoms with Crippen molar-refractivity contribution in [3.63, 3.8) is 0 Å². The van der Waals surface area contributed by atoms with E-state index in [0.717, 1.165) is 0 Å². The summed E-state index contributed by atoms with van der Waals surface area (Å²) in [5.74, 6) is -0.196. The Morgan fingerprint density at radius 3 is 2.65 bits per heavy atom. The van der Waals surface area contributed by atoms with Crippen LogP contribution in [0.25, 0.3) is 11.8 Å². The highest BCUT2D eigenvalue weighted by Gasteiger charge is 2.17. The summed E-state index contributed by atoms with van der Waals surface area (Å²) in [6, 6.07) is 5.11. The second-order valence-electron chi connectivity index (χ2n) is 4.55. The molecule has 0 saturated heterocycles. The Hall–Kier alpha value is -1.65. The summed E-state index contributed by atoms with van der Waals surface area (Å²) < 4.78 is 1.44. The lowest BCUT2D eigenvalue weighted by Gasteiger charge is -2.09. The van der Waals surface area contributed by atoms with Gasteiger partial charge in [0.1, 0.15) is 18.4 Å². The van der Waals surface area contributed by atoms with E-state index in [0.29, 0.717) is 21.3 Å². The van der Waals surface area contributed by atoms with Gasteiger partial charge in [0.2, 0.25) is 0 Å². The average Bonchev–Trinajstić information content (AvgIpc) is 2.90. The van der Waals surface area contributed by atoms with Crippen LogP contribution in [0.5, 0.6) is 0 Å². The molecule has 104 valence electrons. The third-order valence-electron chi connectivity index (χ3n) is 2.70. The minimum Gasteiger partial charge on any atom is -0.292 e. The Labute approximate surface area is 127 Å². The number of nitrogens with zero attached hydrogens (tertiary/aromatic N) is 3. The van der Waals surface area contributed by atoms with Crippen LogP contribution in [0.4, 0.5) is 0 Å². The highest BCUT2D eigenvalue weighted by molar-refractivity contribution is 6.36. The Morgan fingerprint density at radius 1 is 1.35 bits per heavy atom. The number of carbonyl (C=O) groups is 1. The lowest BCUT2D eigenvalue weighted by atomic mass is 10.0. The van der Waals surface area contributed by atoms with Gasteiger partial charge in [0.05, 0.1) is 0 Å². The van der Waals surface area contributed by atoms with Crippen LogP contribution in [0, 0.1) is 5.92 Å². The van der Waals surface area contributed by atoms with Gasteiger partial charge < -0.3 is 0 Å². The summed E-state index contributed by atoms with van der Waals surface area (Å²) in [6.07, 6.45) is 4.55. The normalized spacial score (nSPS) is 11.9. The molecule has 0 atom stereocenters. The molecule has 20 heavy (non-hydrogen) atoms. The van der Waals surface area contributed by atoms with Crippen molar-refractivity contribution >= 4 is 40.8 Å². The summed E-state index contributed by atoms with van der Waals surface area (Å²) in [4.78, 5) is 16.2. The molecule has 0 saturated carbocycles. The maximum Gasteiger partial charge on any atom is 0.183 e. The first kappa shape index (κ1) is 14.8. The zero-order chi connectivity index (χ0) is 14.7. The van der Waals surface area contributed by atoms with Gasteiger partial charge in [-0.25, -0.2) is 9.67 Å². The smallest absolute Gasteiger partial charge is 0.183 e. The quantitative estimate of drug-likeness (QED) is 0.807. The maximum absolute atomic E-state index is 12.3. The zero-order valence-corrected chi connectivity index (χ0v) is 12.6. The molecule has 0 aliphatic carbocycles. The molecule has 6 heteroatoms. The van der Waals surface area contributed by atoms with Crippen LogP contribution in [0.2, 0.25) is 10.0 Å². The minimum absolute atomic E-state index is 0.0403. The van der Waals surface area contributed by atoms with Gasteiger partial charge in [-0.15, -0.1) is 0 Å². The molecule has 1 aromatic carbocycles. The standard InChI is InChI=1S/C14H13Cl2N3O/c1-9(2)14(20)13(19-8-17-7-18-19)5-10-3-4-11(15)6-12(10)16/h3-9H,1-2H3/b13-5-. The molecule has 0 unspecified atom stereocenters. The van der Waals surface area contributed by atoms with Crippen LogP contribution in [0.15, 0.2) is 30.9 Å². The first-order chi connectivity index (χ1) is 9.49. The van der Waals surface area contributed by atoms with E-state index in [2.05, 4.69) is 10.1 Å². The molecular formula is C14H13Cl2N3O. The van der Waals surface area contributed by atoms with E-state index in [1.54, 1.807) is 24.3 Å². The van der Waals surface area contributed by atoms with E-state index >= 15 is 0 Å². The summed E-state index contributed by atoms with van der Waals surface area (Å²) in [5, 5.41) is 5.04. The van der Waals surface area contributed by atoms with Crippen molar-refractivity contribution in [1.82, 2.24) is 14.8 Å². The topological polar surface area (TPSA) is 47.8 Å². The number of benzene rings is 1. The van der Waals surface area contributed by atoms with Crippen LogP contribution in [0.3, 0.4) is 0 Å². The average molecular weight is 310 g/mol. The van der Waals surface area contributed by atoms with Gasteiger partial charge in [-0.05, 0) is 23.8 Å². The number of aromatic nitrogens is 3. The van der Waals surface area contributed by atoms with Gasteiger partial charge in [0.15, 0.2) is 5.78 Å². The molecule has 0 bridgehead atoms. The maximum atomic E-state index is 12.3. The molecule has 1 aromatic heterocycles. The van der Waals surface area contributed by atoms with E-state index in [1.807, 2.05) is 13.8 Å². The first-order valence-electron chi connectivity index (χ1n) is 6.05. The monoisotopic (exact) mass is 309 g/mol. The molecule has 0 N–H and O–H groups in total. The number of hydrogen-bond donors (Lipinski definition) is 0. The lowest BCUT2D eigenvalue weighted by Crippen LogP contribution is -2.15. The van der Waals surface area contributed by atoms with Crippen molar-refractivity contribution in [3.8, 4) is 0 Å². The van der Waals surface area contributed by atoms with Gasteiger partial charge in [-0.1, -0.05) is 43.1 Å². The van der Waals surface area contributed by atoms with E-state index in [1.165, 1.54) is 17.3 Å². The number of ketones is 1. The zero-order valence-electron chi connectivity index (χ0n) is 11.0. The Balaban J connectivity index is 2.51. The lowest BCUT2D eigenvalue weighted by molar-refractivity contribution is -0.116. The third kappa shape index (κ3) is 3.26. The largest absolute Gasteiger partial charge is 0.292 e. The SMILES string of the molecule is CC(C)C(=O)/C(=C/c1ccc(Cl)cc1Cl)n1cncn1. The molecule has 0 amide bonds. The van der Waals surface area contributed by atoms with Crippen LogP contribution in [-0.2, 0) is 4.79 Å². The molecule has 4 nitrogen and oxygen atoms in total. The number of Topliss-reactive ketones (excluding diaryl/α,β-unsaturated/α-hetero) is 1. The van der Waals surface area contributed by atoms with Crippen molar-refractivity contribution in [2.45, 2.75) is 13.8 Å². The fourth-order valence-electron chi connectivity index (χ4n) is 1.64. The molecule has 1 heterocycles. The highest BCUT2D eigenvalue weighted by atomic mass is 35.5. The molecule has 0 spiro atoms. The summed E-state index contributed by atoms with van der Waals surface area (Å²) in [6.45, 7) is 3.66. The Kier molecular flexibility index (Phi) is 4.57. The van der Waals surface area contributed by atoms with E-state index in [4.69, 9.17) is 23.2 Å². The van der Waals surface area contributed by atoms with Gasteiger partial charge in [-0.2, -0.15) is 5.10 Å². The van der Waals surface area contributed by atoms with Crippen LogP contribution >= 0.6 is 23.2 Å². The number of halogens is 2. The fourth-order valence-corrected chi connectivity index (χ4v) is 2.11. The fraction of sp³-hybridized carbons (Fsp3) is 0.214. The summed E-state index contributed by atoms with van der Waals surface area (Å²) >= 11 is 12.0. The van der Waals surface area contributed by atoms with Crippen molar-refractivity contribution in [2.24, 2.45) is 5.92 Å². The second kappa shape index (κ2) is 6.20. The molecule has 0 fully saturated rings. The second-order valence-corrected chi connectivity index (χ2v) is 5.40. The number of allylic oxidation sites excluding steroid dienone is 1.